The summed E-state index contributed by atoms with van der Waals surface area (Å²) in [5, 5.41) is 19.8. The third-order valence-corrected chi connectivity index (χ3v) is 4.61. The maximum absolute atomic E-state index is 11.1. The summed E-state index contributed by atoms with van der Waals surface area (Å²) < 4.78 is 2.75. The van der Waals surface area contributed by atoms with Gasteiger partial charge in [0.25, 0.3) is 11.5 Å². The Balaban J connectivity index is 2.00. The number of nitrogens with zero attached hydrogens (tertiary/aromatic N) is 6. The lowest BCUT2D eigenvalue weighted by molar-refractivity contribution is -0.384. The second kappa shape index (κ2) is 5.92. The smallest absolute Gasteiger partial charge is 0.271 e. The van der Waals surface area contributed by atoms with Crippen LogP contribution in [0, 0.1) is 13.7 Å². The van der Waals surface area contributed by atoms with Crippen LogP contribution in [0.25, 0.3) is 16.7 Å². The maximum atomic E-state index is 11.1. The number of benzene rings is 2. The molecule has 0 amide bonds. The van der Waals surface area contributed by atoms with Crippen LogP contribution in [-0.2, 0) is 0 Å². The number of halogens is 1. The summed E-state index contributed by atoms with van der Waals surface area (Å²) in [7, 11) is 1.90. The van der Waals surface area contributed by atoms with Crippen molar-refractivity contribution in [2.24, 2.45) is 0 Å². The van der Waals surface area contributed by atoms with Gasteiger partial charge in [-0.1, -0.05) is 6.07 Å². The molecule has 0 fully saturated rings. The first-order valence-electron chi connectivity index (χ1n) is 7.32. The average molecular weight is 446 g/mol. The van der Waals surface area contributed by atoms with Gasteiger partial charge >= 0.3 is 0 Å². The summed E-state index contributed by atoms with van der Waals surface area (Å²) in [6, 6.07) is 12.7. The molecule has 0 radical (unpaired) electrons. The van der Waals surface area contributed by atoms with E-state index in [1.807, 2.05) is 36.2 Å². The number of rotatable bonds is 3. The molecule has 0 unspecified atom stereocenters. The quantitative estimate of drug-likeness (QED) is 0.272. The number of hydrogen-bond acceptors (Lipinski definition) is 6. The van der Waals surface area contributed by atoms with Gasteiger partial charge in [-0.2, -0.15) is 4.98 Å². The molecule has 8 nitrogen and oxygen atoms in total. The monoisotopic (exact) mass is 446 g/mol. The third-order valence-electron chi connectivity index (χ3n) is 3.94. The fourth-order valence-electron chi connectivity index (χ4n) is 2.71. The van der Waals surface area contributed by atoms with E-state index >= 15 is 0 Å². The van der Waals surface area contributed by atoms with E-state index in [0.717, 1.165) is 14.6 Å². The molecule has 124 valence electrons. The zero-order valence-electron chi connectivity index (χ0n) is 13.0. The number of anilines is 2. The molecular formula is C16H11IN6O2. The van der Waals surface area contributed by atoms with Crippen LogP contribution in [0.4, 0.5) is 17.2 Å². The number of fused-ring (bicyclic) bond motifs is 3. The third kappa shape index (κ3) is 2.65. The van der Waals surface area contributed by atoms with Crippen molar-refractivity contribution in [1.29, 1.82) is 0 Å². The van der Waals surface area contributed by atoms with Crippen molar-refractivity contribution in [3.8, 4) is 0 Å². The standard InChI is InChI=1S/C16H11IN6O2/c1-21(11-4-2-3-10(17)7-11)15-13-6-5-12(23(24)25)8-14(13)22-9-18-20-16(22)19-15/h2-9H,1H3. The van der Waals surface area contributed by atoms with E-state index in [0.29, 0.717) is 17.1 Å². The minimum Gasteiger partial charge on any atom is -0.329 e. The molecule has 0 saturated heterocycles. The van der Waals surface area contributed by atoms with Crippen LogP contribution in [0.3, 0.4) is 0 Å². The lowest BCUT2D eigenvalue weighted by Gasteiger charge is -2.20. The van der Waals surface area contributed by atoms with E-state index in [1.165, 1.54) is 18.5 Å². The minimum absolute atomic E-state index is 0.0107. The molecule has 0 bridgehead atoms. The van der Waals surface area contributed by atoms with Crippen molar-refractivity contribution in [2.75, 3.05) is 11.9 Å². The van der Waals surface area contributed by atoms with Crippen molar-refractivity contribution in [1.82, 2.24) is 19.6 Å². The molecule has 2 aromatic carbocycles. The highest BCUT2D eigenvalue weighted by Gasteiger charge is 2.17. The second-order valence-corrected chi connectivity index (χ2v) is 6.68. The summed E-state index contributed by atoms with van der Waals surface area (Å²) in [4.78, 5) is 17.2. The largest absolute Gasteiger partial charge is 0.329 e. The van der Waals surface area contributed by atoms with Crippen LogP contribution in [-0.4, -0.2) is 31.6 Å². The van der Waals surface area contributed by atoms with Crippen LogP contribution in [0.15, 0.2) is 48.8 Å². The Morgan fingerprint density at radius 3 is 2.84 bits per heavy atom. The summed E-state index contributed by atoms with van der Waals surface area (Å²) in [6.07, 6.45) is 1.50. The molecule has 0 aliphatic rings. The van der Waals surface area contributed by atoms with E-state index in [9.17, 15) is 10.1 Å². The maximum Gasteiger partial charge on any atom is 0.271 e. The predicted molar refractivity (Wildman–Crippen MR) is 102 cm³/mol. The van der Waals surface area contributed by atoms with Crippen LogP contribution in [0.2, 0.25) is 0 Å². The topological polar surface area (TPSA) is 89.5 Å². The normalized spacial score (nSPS) is 11.1. The van der Waals surface area contributed by atoms with E-state index in [-0.39, 0.29) is 5.69 Å². The molecule has 2 heterocycles. The molecule has 4 aromatic rings. The van der Waals surface area contributed by atoms with Crippen molar-refractivity contribution in [3.05, 3.63) is 62.5 Å². The molecule has 0 N–H and O–H groups in total. The van der Waals surface area contributed by atoms with Gasteiger partial charge in [-0.15, -0.1) is 10.2 Å². The molecule has 0 spiro atoms. The van der Waals surface area contributed by atoms with Crippen LogP contribution >= 0.6 is 22.6 Å². The number of non-ortho nitro benzene ring substituents is 1. The summed E-state index contributed by atoms with van der Waals surface area (Å²) >= 11 is 2.25. The van der Waals surface area contributed by atoms with E-state index in [2.05, 4.69) is 37.8 Å². The van der Waals surface area contributed by atoms with Gasteiger partial charge in [0.05, 0.1) is 10.4 Å². The highest BCUT2D eigenvalue weighted by Crippen LogP contribution is 2.32. The minimum atomic E-state index is -0.418. The molecule has 25 heavy (non-hydrogen) atoms. The number of nitro benzene ring substituents is 1. The van der Waals surface area contributed by atoms with Gasteiger partial charge in [0.1, 0.15) is 12.1 Å². The molecular weight excluding hydrogens is 435 g/mol. The van der Waals surface area contributed by atoms with Crippen LogP contribution < -0.4 is 4.90 Å². The zero-order chi connectivity index (χ0) is 17.6. The van der Waals surface area contributed by atoms with Gasteiger partial charge in [0, 0.05) is 33.8 Å². The lowest BCUT2D eigenvalue weighted by atomic mass is 10.2. The highest BCUT2D eigenvalue weighted by atomic mass is 127. The van der Waals surface area contributed by atoms with Crippen LogP contribution in [0.1, 0.15) is 0 Å². The van der Waals surface area contributed by atoms with Gasteiger partial charge in [0.15, 0.2) is 0 Å². The second-order valence-electron chi connectivity index (χ2n) is 5.43. The molecule has 0 aliphatic carbocycles. The Labute approximate surface area is 155 Å². The average Bonchev–Trinajstić information content (AvgIpc) is 3.08. The lowest BCUT2D eigenvalue weighted by Crippen LogP contribution is -2.13. The molecule has 0 saturated carbocycles. The first-order chi connectivity index (χ1) is 12.0. The first-order valence-corrected chi connectivity index (χ1v) is 8.39. The van der Waals surface area contributed by atoms with E-state index in [4.69, 9.17) is 0 Å². The van der Waals surface area contributed by atoms with Crippen molar-refractivity contribution < 1.29 is 4.92 Å². The molecule has 0 aliphatic heterocycles. The SMILES string of the molecule is CN(c1cccc(I)c1)c1nc2nncn2c2cc([N+](=O)[O-])ccc12. The molecule has 4 rings (SSSR count). The molecule has 9 heteroatoms. The van der Waals surface area contributed by atoms with Gasteiger partial charge in [0.2, 0.25) is 0 Å². The number of nitro groups is 1. The highest BCUT2D eigenvalue weighted by molar-refractivity contribution is 14.1. The van der Waals surface area contributed by atoms with Crippen LogP contribution in [0.5, 0.6) is 0 Å². The van der Waals surface area contributed by atoms with E-state index < -0.39 is 4.92 Å². The van der Waals surface area contributed by atoms with Gasteiger partial charge < -0.3 is 4.90 Å². The predicted octanol–water partition coefficient (Wildman–Crippen LogP) is 3.56. The Morgan fingerprint density at radius 1 is 1.24 bits per heavy atom. The summed E-state index contributed by atoms with van der Waals surface area (Å²) in [5.41, 5.74) is 1.61. The Bertz CT molecular complexity index is 1130. The summed E-state index contributed by atoms with van der Waals surface area (Å²) in [6.45, 7) is 0. The summed E-state index contributed by atoms with van der Waals surface area (Å²) in [5.74, 6) is 1.05. The molecule has 2 aromatic heterocycles. The van der Waals surface area contributed by atoms with Gasteiger partial charge in [-0.25, -0.2) is 0 Å². The molecule has 0 atom stereocenters. The van der Waals surface area contributed by atoms with Gasteiger partial charge in [-0.3, -0.25) is 14.5 Å². The van der Waals surface area contributed by atoms with Crippen molar-refractivity contribution >= 4 is 56.5 Å². The number of hydrogen-bond donors (Lipinski definition) is 0. The fourth-order valence-corrected chi connectivity index (χ4v) is 3.24. The van der Waals surface area contributed by atoms with Crippen molar-refractivity contribution in [3.63, 3.8) is 0 Å². The Hall–Kier alpha value is -2.82. The fraction of sp³-hybridized carbons (Fsp3) is 0.0625. The Morgan fingerprint density at radius 2 is 2.08 bits per heavy atom. The zero-order valence-corrected chi connectivity index (χ0v) is 15.2. The Kier molecular flexibility index (Phi) is 3.71. The van der Waals surface area contributed by atoms with Gasteiger partial charge in [-0.05, 0) is 46.9 Å². The van der Waals surface area contributed by atoms with Crippen molar-refractivity contribution in [2.45, 2.75) is 0 Å². The van der Waals surface area contributed by atoms with E-state index in [1.54, 1.807) is 10.5 Å². The number of aromatic nitrogens is 4. The first kappa shape index (κ1) is 15.7.